The second-order valence-corrected chi connectivity index (χ2v) is 4.58. The van der Waals surface area contributed by atoms with Gasteiger partial charge in [-0.1, -0.05) is 0 Å². The molecule has 3 N–H and O–H groups in total. The van der Waals surface area contributed by atoms with E-state index in [2.05, 4.69) is 10.6 Å². The average Bonchev–Trinajstić information content (AvgIpc) is 2.83. The van der Waals surface area contributed by atoms with Gasteiger partial charge in [0.25, 0.3) is 0 Å². The van der Waals surface area contributed by atoms with E-state index < -0.39 is 12.0 Å². The van der Waals surface area contributed by atoms with Crippen molar-refractivity contribution in [1.29, 1.82) is 0 Å². The Morgan fingerprint density at radius 1 is 1.24 bits per heavy atom. The number of ketones is 1. The van der Waals surface area contributed by atoms with E-state index in [0.717, 1.165) is 32.5 Å². The van der Waals surface area contributed by atoms with Crippen molar-refractivity contribution >= 4 is 11.8 Å². The van der Waals surface area contributed by atoms with Gasteiger partial charge >= 0.3 is 5.97 Å². The Kier molecular flexibility index (Phi) is 4.09. The molecule has 0 radical (unpaired) electrons. The lowest BCUT2D eigenvalue weighted by atomic mass is 10.0. The average molecular weight is 241 g/mol. The van der Waals surface area contributed by atoms with E-state index in [1.54, 1.807) is 4.90 Å². The van der Waals surface area contributed by atoms with E-state index in [1.165, 1.54) is 0 Å². The molecule has 2 rings (SSSR count). The number of piperazine rings is 1. The molecule has 0 aliphatic carbocycles. The van der Waals surface area contributed by atoms with E-state index in [-0.39, 0.29) is 11.8 Å². The molecule has 2 atom stereocenters. The highest BCUT2D eigenvalue weighted by Crippen LogP contribution is 2.12. The van der Waals surface area contributed by atoms with Crippen molar-refractivity contribution in [2.24, 2.45) is 0 Å². The molecular formula is C11H19N3O3. The molecule has 6 nitrogen and oxygen atoms in total. The molecule has 2 fully saturated rings. The van der Waals surface area contributed by atoms with Crippen LogP contribution in [0.1, 0.15) is 12.8 Å². The Morgan fingerprint density at radius 3 is 2.47 bits per heavy atom. The number of carbonyl (C=O) groups is 2. The van der Waals surface area contributed by atoms with Crippen molar-refractivity contribution in [1.82, 2.24) is 15.5 Å². The summed E-state index contributed by atoms with van der Waals surface area (Å²) in [5.41, 5.74) is 0. The summed E-state index contributed by atoms with van der Waals surface area (Å²) in [5.74, 6) is -1.21. The van der Waals surface area contributed by atoms with Gasteiger partial charge in [0.2, 0.25) is 0 Å². The number of carboxylic acids is 1. The van der Waals surface area contributed by atoms with Crippen LogP contribution >= 0.6 is 0 Å². The summed E-state index contributed by atoms with van der Waals surface area (Å²) in [6, 6.07) is -1.25. The second kappa shape index (κ2) is 5.57. The van der Waals surface area contributed by atoms with Gasteiger partial charge in [0.15, 0.2) is 11.8 Å². The molecule has 2 aliphatic rings. The third kappa shape index (κ3) is 2.83. The fourth-order valence-electron chi connectivity index (χ4n) is 2.52. The molecule has 0 amide bonds. The highest BCUT2D eigenvalue weighted by atomic mass is 16.4. The van der Waals surface area contributed by atoms with Gasteiger partial charge in [-0.25, -0.2) is 0 Å². The topological polar surface area (TPSA) is 81.7 Å². The van der Waals surface area contributed by atoms with Crippen LogP contribution in [-0.4, -0.2) is 66.6 Å². The number of rotatable bonds is 4. The van der Waals surface area contributed by atoms with Crippen molar-refractivity contribution in [3.8, 4) is 0 Å². The van der Waals surface area contributed by atoms with E-state index in [1.807, 2.05) is 0 Å². The number of hydrogen-bond acceptors (Lipinski definition) is 5. The summed E-state index contributed by atoms with van der Waals surface area (Å²) >= 11 is 0. The number of carboxylic acid groups (broad SMARTS) is 1. The van der Waals surface area contributed by atoms with Crippen LogP contribution in [0, 0.1) is 0 Å². The molecule has 1 unspecified atom stereocenters. The van der Waals surface area contributed by atoms with Gasteiger partial charge in [-0.15, -0.1) is 0 Å². The van der Waals surface area contributed by atoms with Crippen molar-refractivity contribution < 1.29 is 14.7 Å². The Balaban J connectivity index is 2.04. The Bertz CT molecular complexity index is 296. The zero-order valence-corrected chi connectivity index (χ0v) is 9.82. The van der Waals surface area contributed by atoms with Crippen molar-refractivity contribution in [3.63, 3.8) is 0 Å². The molecule has 96 valence electrons. The van der Waals surface area contributed by atoms with E-state index >= 15 is 0 Å². The van der Waals surface area contributed by atoms with Gasteiger partial charge in [0, 0.05) is 26.2 Å². The zero-order chi connectivity index (χ0) is 12.3. The maximum Gasteiger partial charge on any atom is 0.328 e. The number of hydrogen-bond donors (Lipinski definition) is 3. The summed E-state index contributed by atoms with van der Waals surface area (Å²) in [5, 5.41) is 15.5. The van der Waals surface area contributed by atoms with Crippen LogP contribution in [0.4, 0.5) is 0 Å². The number of nitrogens with zero attached hydrogens (tertiary/aromatic N) is 1. The van der Waals surface area contributed by atoms with Gasteiger partial charge in [-0.2, -0.15) is 0 Å². The number of carbonyl (C=O) groups excluding carboxylic acids is 1. The molecule has 0 bridgehead atoms. The molecule has 2 heterocycles. The van der Waals surface area contributed by atoms with Crippen molar-refractivity contribution in [2.75, 3.05) is 32.7 Å². The lowest BCUT2D eigenvalue weighted by Gasteiger charge is -2.32. The quantitative estimate of drug-likeness (QED) is 0.529. The first kappa shape index (κ1) is 12.5. The molecule has 0 spiro atoms. The molecule has 2 saturated heterocycles. The highest BCUT2D eigenvalue weighted by Gasteiger charge is 2.38. The molecule has 17 heavy (non-hydrogen) atoms. The first-order valence-corrected chi connectivity index (χ1v) is 6.15. The predicted octanol–water partition coefficient (Wildman–Crippen LogP) is -1.33. The van der Waals surface area contributed by atoms with Crippen LogP contribution < -0.4 is 10.6 Å². The van der Waals surface area contributed by atoms with Crippen LogP contribution in [-0.2, 0) is 9.59 Å². The molecule has 0 aromatic carbocycles. The minimum absolute atomic E-state index is 0.183. The van der Waals surface area contributed by atoms with Gasteiger partial charge in [0.05, 0.1) is 6.04 Å². The highest BCUT2D eigenvalue weighted by molar-refractivity contribution is 6.05. The summed E-state index contributed by atoms with van der Waals surface area (Å²) in [4.78, 5) is 25.2. The van der Waals surface area contributed by atoms with Crippen LogP contribution in [0.2, 0.25) is 0 Å². The van der Waals surface area contributed by atoms with E-state index in [0.29, 0.717) is 13.1 Å². The molecule has 0 saturated carbocycles. The Labute approximate surface area is 100 Å². The molecule has 0 aromatic rings. The summed E-state index contributed by atoms with van der Waals surface area (Å²) < 4.78 is 0. The van der Waals surface area contributed by atoms with Crippen LogP contribution in [0.15, 0.2) is 0 Å². The smallest absolute Gasteiger partial charge is 0.328 e. The normalized spacial score (nSPS) is 27.9. The first-order chi connectivity index (χ1) is 8.20. The second-order valence-electron chi connectivity index (χ2n) is 4.58. The first-order valence-electron chi connectivity index (χ1n) is 6.15. The monoisotopic (exact) mass is 241 g/mol. The molecule has 0 aromatic heterocycles. The standard InChI is InChI=1S/C11H19N3O3/c15-10(8-2-1-3-13-8)9(11(16)17)14-6-4-12-5-7-14/h8-9,12-13H,1-7H2,(H,16,17)/t8-,9?/m0/s1. The molecule has 6 heteroatoms. The van der Waals surface area contributed by atoms with Crippen LogP contribution in [0.25, 0.3) is 0 Å². The predicted molar refractivity (Wildman–Crippen MR) is 61.9 cm³/mol. The minimum atomic E-state index is -1.02. The summed E-state index contributed by atoms with van der Waals surface area (Å²) in [6.07, 6.45) is 1.71. The fraction of sp³-hybridized carbons (Fsp3) is 0.818. The Morgan fingerprint density at radius 2 is 1.94 bits per heavy atom. The lowest BCUT2D eigenvalue weighted by Crippen LogP contribution is -2.57. The maximum atomic E-state index is 12.2. The van der Waals surface area contributed by atoms with E-state index in [4.69, 9.17) is 0 Å². The number of Topliss-reactive ketones (excluding diaryl/α,β-unsaturated/α-hetero) is 1. The van der Waals surface area contributed by atoms with Gasteiger partial charge in [0.1, 0.15) is 0 Å². The van der Waals surface area contributed by atoms with Crippen LogP contribution in [0.5, 0.6) is 0 Å². The largest absolute Gasteiger partial charge is 0.480 e. The Hall–Kier alpha value is -0.980. The SMILES string of the molecule is O=C(O)C(C(=O)[C@@H]1CCCN1)N1CCNCC1. The molecule has 2 aliphatic heterocycles. The summed E-state index contributed by atoms with van der Waals surface area (Å²) in [7, 11) is 0. The van der Waals surface area contributed by atoms with Gasteiger partial charge < -0.3 is 15.7 Å². The van der Waals surface area contributed by atoms with E-state index in [9.17, 15) is 14.7 Å². The van der Waals surface area contributed by atoms with Gasteiger partial charge in [-0.3, -0.25) is 14.5 Å². The number of aliphatic carboxylic acids is 1. The molecular weight excluding hydrogens is 222 g/mol. The zero-order valence-electron chi connectivity index (χ0n) is 9.82. The summed E-state index contributed by atoms with van der Waals surface area (Å²) in [6.45, 7) is 3.54. The third-order valence-corrected chi connectivity index (χ3v) is 3.42. The lowest BCUT2D eigenvalue weighted by molar-refractivity contribution is -0.149. The van der Waals surface area contributed by atoms with Crippen molar-refractivity contribution in [2.45, 2.75) is 24.9 Å². The number of nitrogens with one attached hydrogen (secondary N) is 2. The van der Waals surface area contributed by atoms with Crippen molar-refractivity contribution in [3.05, 3.63) is 0 Å². The fourth-order valence-corrected chi connectivity index (χ4v) is 2.52. The third-order valence-electron chi connectivity index (χ3n) is 3.42. The van der Waals surface area contributed by atoms with Gasteiger partial charge in [-0.05, 0) is 19.4 Å². The van der Waals surface area contributed by atoms with Crippen LogP contribution in [0.3, 0.4) is 0 Å². The minimum Gasteiger partial charge on any atom is -0.480 e. The maximum absolute atomic E-state index is 12.2.